The van der Waals surface area contributed by atoms with Crippen LogP contribution in [-0.4, -0.2) is 57.8 Å². The van der Waals surface area contributed by atoms with Crippen molar-refractivity contribution >= 4 is 41.1 Å². The SMILES string of the molecule is COC(=O)Nc1ccc2c(c1)N[C@@H](C(=O)O)CCCC[C@H](N1CCC(c3c(C(F)(F)F)ccc(Cl)c3F)OC1=O)c1nc(C#N)c-2[nH]1. The number of ether oxygens (including phenoxy) is 2. The molecular formula is C30H27ClF4N6O6. The van der Waals surface area contributed by atoms with Crippen LogP contribution in [0, 0.1) is 17.1 Å². The number of aliphatic carboxylic acids is 1. The first kappa shape index (κ1) is 33.3. The van der Waals surface area contributed by atoms with Gasteiger partial charge in [-0.1, -0.05) is 24.4 Å². The van der Waals surface area contributed by atoms with E-state index in [4.69, 9.17) is 16.3 Å². The minimum Gasteiger partial charge on any atom is -0.480 e. The average molecular weight is 679 g/mol. The summed E-state index contributed by atoms with van der Waals surface area (Å²) in [6, 6.07) is 5.97. The van der Waals surface area contributed by atoms with Crippen LogP contribution < -0.4 is 10.6 Å². The van der Waals surface area contributed by atoms with Crippen molar-refractivity contribution in [1.82, 2.24) is 14.9 Å². The minimum atomic E-state index is -4.94. The van der Waals surface area contributed by atoms with E-state index in [1.165, 1.54) is 30.2 Å². The Bertz CT molecular complexity index is 1760. The van der Waals surface area contributed by atoms with Crippen LogP contribution in [0.2, 0.25) is 5.02 Å². The number of aromatic amines is 1. The van der Waals surface area contributed by atoms with E-state index in [9.17, 15) is 42.3 Å². The van der Waals surface area contributed by atoms with Crippen molar-refractivity contribution in [2.45, 2.75) is 56.5 Å². The number of H-pyrrole nitrogens is 1. The fraction of sp³-hybridized carbons (Fsp3) is 0.367. The van der Waals surface area contributed by atoms with Gasteiger partial charge < -0.3 is 24.9 Å². The zero-order chi connectivity index (χ0) is 34.0. The Morgan fingerprint density at radius 3 is 2.62 bits per heavy atom. The first-order valence-electron chi connectivity index (χ1n) is 14.3. The molecule has 2 aliphatic rings. The van der Waals surface area contributed by atoms with Crippen LogP contribution in [0.3, 0.4) is 0 Å². The summed E-state index contributed by atoms with van der Waals surface area (Å²) in [7, 11) is 1.18. The van der Waals surface area contributed by atoms with Crippen LogP contribution in [0.1, 0.15) is 66.9 Å². The number of benzene rings is 2. The number of nitrogens with one attached hydrogen (secondary N) is 3. The summed E-state index contributed by atoms with van der Waals surface area (Å²) in [4.78, 5) is 46.1. The molecule has 0 radical (unpaired) electrons. The van der Waals surface area contributed by atoms with Gasteiger partial charge in [0.25, 0.3) is 0 Å². The molecule has 0 aliphatic carbocycles. The van der Waals surface area contributed by atoms with E-state index in [-0.39, 0.29) is 54.4 Å². The minimum absolute atomic E-state index is 0.0908. The van der Waals surface area contributed by atoms with Gasteiger partial charge in [0, 0.05) is 35.5 Å². The molecule has 3 atom stereocenters. The Morgan fingerprint density at radius 2 is 1.96 bits per heavy atom. The van der Waals surface area contributed by atoms with E-state index in [1.54, 1.807) is 0 Å². The zero-order valence-electron chi connectivity index (χ0n) is 24.6. The molecule has 0 saturated carbocycles. The molecule has 12 nitrogen and oxygen atoms in total. The predicted octanol–water partition coefficient (Wildman–Crippen LogP) is 7.00. The van der Waals surface area contributed by atoms with Crippen LogP contribution >= 0.6 is 11.6 Å². The average Bonchev–Trinajstić information content (AvgIpc) is 3.45. The standard InChI is InChI=1S/C30H27ClF4N6O6/c1-46-28(44)37-14-6-7-15-19(12-14)38-18(27(42)43)4-2-3-5-21(26-39-20(13-36)25(15)40-26)41-11-10-22(47-29(41)45)23-16(30(33,34)35)8-9-17(31)24(23)32/h6-9,12,18,21-22,38H,2-5,10-11H2,1H3,(H,37,44)(H,39,40)(H,42,43)/t18-,21+,22?/m1/s1. The van der Waals surface area contributed by atoms with Crippen molar-refractivity contribution in [2.24, 2.45) is 0 Å². The van der Waals surface area contributed by atoms with Crippen LogP contribution in [0.25, 0.3) is 11.3 Å². The molecule has 5 rings (SSSR count). The molecule has 1 fully saturated rings. The lowest BCUT2D eigenvalue weighted by Gasteiger charge is -2.37. The molecule has 17 heteroatoms. The van der Waals surface area contributed by atoms with Gasteiger partial charge in [0.15, 0.2) is 5.69 Å². The number of hydrogen-bond acceptors (Lipinski definition) is 8. The quantitative estimate of drug-likeness (QED) is 0.212. The number of anilines is 2. The maximum Gasteiger partial charge on any atom is 0.416 e. The molecule has 1 saturated heterocycles. The van der Waals surface area contributed by atoms with Crippen molar-refractivity contribution in [1.29, 1.82) is 5.26 Å². The Balaban J connectivity index is 1.52. The maximum absolute atomic E-state index is 15.0. The molecule has 1 unspecified atom stereocenters. The van der Waals surface area contributed by atoms with Gasteiger partial charge in [-0.05, 0) is 43.2 Å². The van der Waals surface area contributed by atoms with Gasteiger partial charge in [0.05, 0.1) is 29.4 Å². The van der Waals surface area contributed by atoms with E-state index >= 15 is 0 Å². The maximum atomic E-state index is 15.0. The Morgan fingerprint density at radius 1 is 1.21 bits per heavy atom. The lowest BCUT2D eigenvalue weighted by Crippen LogP contribution is -2.42. The molecule has 2 aromatic carbocycles. The highest BCUT2D eigenvalue weighted by Gasteiger charge is 2.42. The Hall–Kier alpha value is -5.04. The summed E-state index contributed by atoms with van der Waals surface area (Å²) in [6.07, 6.45) is -7.42. The molecule has 2 bridgehead atoms. The Kier molecular flexibility index (Phi) is 9.48. The summed E-state index contributed by atoms with van der Waals surface area (Å²) in [6.45, 7) is -0.159. The fourth-order valence-electron chi connectivity index (χ4n) is 5.74. The van der Waals surface area contributed by atoms with E-state index in [2.05, 4.69) is 25.3 Å². The number of carbonyl (C=O) groups is 3. The van der Waals surface area contributed by atoms with Gasteiger partial charge in [0.1, 0.15) is 29.9 Å². The van der Waals surface area contributed by atoms with E-state index < -0.39 is 64.5 Å². The smallest absolute Gasteiger partial charge is 0.416 e. The number of carboxylic acids is 1. The van der Waals surface area contributed by atoms with Crippen molar-refractivity contribution in [3.63, 3.8) is 0 Å². The predicted molar refractivity (Wildman–Crippen MR) is 158 cm³/mol. The number of alkyl halides is 3. The fourth-order valence-corrected chi connectivity index (χ4v) is 5.90. The van der Waals surface area contributed by atoms with Crippen molar-refractivity contribution < 1.29 is 46.5 Å². The first-order valence-corrected chi connectivity index (χ1v) is 14.7. The number of nitriles is 1. The lowest BCUT2D eigenvalue weighted by atomic mass is 9.96. The topological polar surface area (TPSA) is 170 Å². The summed E-state index contributed by atoms with van der Waals surface area (Å²) in [5, 5.41) is 24.8. The number of rotatable bonds is 4. The monoisotopic (exact) mass is 678 g/mol. The van der Waals surface area contributed by atoms with Crippen LogP contribution in [0.15, 0.2) is 30.3 Å². The van der Waals surface area contributed by atoms with Gasteiger partial charge in [-0.15, -0.1) is 0 Å². The third kappa shape index (κ3) is 6.89. The number of fused-ring (bicyclic) bond motifs is 4. The zero-order valence-corrected chi connectivity index (χ0v) is 25.3. The van der Waals surface area contributed by atoms with Crippen molar-refractivity contribution in [2.75, 3.05) is 24.3 Å². The molecule has 0 spiro atoms. The van der Waals surface area contributed by atoms with E-state index in [0.717, 1.165) is 6.07 Å². The second kappa shape index (κ2) is 13.4. The number of aromatic nitrogens is 2. The number of methoxy groups -OCH3 is 1. The molecule has 4 N–H and O–H groups in total. The molecule has 2 aliphatic heterocycles. The summed E-state index contributed by atoms with van der Waals surface area (Å²) < 4.78 is 66.3. The lowest BCUT2D eigenvalue weighted by molar-refractivity contribution is -0.140. The molecule has 3 heterocycles. The third-order valence-corrected chi connectivity index (χ3v) is 8.25. The number of imidazole rings is 1. The van der Waals surface area contributed by atoms with Crippen LogP contribution in [-0.2, 0) is 20.4 Å². The first-order chi connectivity index (χ1) is 22.3. The summed E-state index contributed by atoms with van der Waals surface area (Å²) in [5.41, 5.74) is -1.23. The normalized spacial score (nSPS) is 20.0. The number of hydrogen-bond donors (Lipinski definition) is 4. The van der Waals surface area contributed by atoms with Gasteiger partial charge >= 0.3 is 24.3 Å². The van der Waals surface area contributed by atoms with Crippen LogP contribution in [0.5, 0.6) is 0 Å². The highest BCUT2D eigenvalue weighted by Crippen LogP contribution is 2.43. The highest BCUT2D eigenvalue weighted by atomic mass is 35.5. The van der Waals surface area contributed by atoms with E-state index in [0.29, 0.717) is 24.5 Å². The molecule has 47 heavy (non-hydrogen) atoms. The van der Waals surface area contributed by atoms with Crippen molar-refractivity contribution in [3.05, 3.63) is 63.8 Å². The molecule has 3 aromatic rings. The highest BCUT2D eigenvalue weighted by molar-refractivity contribution is 6.30. The van der Waals surface area contributed by atoms with Gasteiger partial charge in [-0.3, -0.25) is 10.2 Å². The second-order valence-electron chi connectivity index (χ2n) is 10.8. The molecule has 248 valence electrons. The molecular weight excluding hydrogens is 652 g/mol. The Labute approximate surface area is 269 Å². The van der Waals surface area contributed by atoms with Gasteiger partial charge in [-0.2, -0.15) is 18.4 Å². The number of nitrogens with zero attached hydrogens (tertiary/aromatic N) is 3. The number of carbonyl (C=O) groups excluding carboxylic acids is 2. The third-order valence-electron chi connectivity index (χ3n) is 7.96. The number of cyclic esters (lactones) is 1. The number of amides is 2. The van der Waals surface area contributed by atoms with Crippen molar-refractivity contribution in [3.8, 4) is 17.3 Å². The number of halogens is 5. The number of carboxylic acid groups (broad SMARTS) is 1. The van der Waals surface area contributed by atoms with Gasteiger partial charge in [0.2, 0.25) is 0 Å². The summed E-state index contributed by atoms with van der Waals surface area (Å²) in [5.74, 6) is -2.31. The van der Waals surface area contributed by atoms with Crippen LogP contribution in [0.4, 0.5) is 38.5 Å². The molecule has 1 aromatic heterocycles. The summed E-state index contributed by atoms with van der Waals surface area (Å²) >= 11 is 5.79. The largest absolute Gasteiger partial charge is 0.480 e. The second-order valence-corrected chi connectivity index (χ2v) is 11.3. The van der Waals surface area contributed by atoms with Gasteiger partial charge in [-0.25, -0.2) is 23.8 Å². The molecule has 2 amide bonds. The van der Waals surface area contributed by atoms with E-state index in [1.807, 2.05) is 6.07 Å².